The molecular weight excluding hydrogens is 379 g/mol. The van der Waals surface area contributed by atoms with Crippen LogP contribution in [0, 0.1) is 0 Å². The van der Waals surface area contributed by atoms with Crippen LogP contribution in [0.1, 0.15) is 113 Å². The second kappa shape index (κ2) is 19.1. The lowest BCUT2D eigenvalue weighted by molar-refractivity contribution is 0.541. The zero-order valence-electron chi connectivity index (χ0n) is 21.6. The molecule has 0 aliphatic heterocycles. The molecule has 0 radical (unpaired) electrons. The van der Waals surface area contributed by atoms with Gasteiger partial charge in [0.1, 0.15) is 6.67 Å². The largest absolute Gasteiger partial charge is 0.246 e. The fourth-order valence-electron chi connectivity index (χ4n) is 3.31. The molecule has 0 atom stereocenters. The number of hydrogen-bond acceptors (Lipinski definition) is 0. The quantitative estimate of drug-likeness (QED) is 0.169. The van der Waals surface area contributed by atoms with E-state index in [4.69, 9.17) is 0 Å². The minimum absolute atomic E-state index is 0.324. The van der Waals surface area contributed by atoms with Gasteiger partial charge in [-0.2, -0.15) is 0 Å². The van der Waals surface area contributed by atoms with Crippen molar-refractivity contribution in [3.8, 4) is 0 Å². The van der Waals surface area contributed by atoms with Crippen molar-refractivity contribution in [3.63, 3.8) is 0 Å². The number of halogens is 1. The summed E-state index contributed by atoms with van der Waals surface area (Å²) < 4.78 is 12.4. The van der Waals surface area contributed by atoms with E-state index in [1.165, 1.54) is 40.7 Å². The summed E-state index contributed by atoms with van der Waals surface area (Å²) in [6.07, 6.45) is 25.1. The lowest BCUT2D eigenvalue weighted by Crippen LogP contribution is -1.83. The number of hydrogen-bond donors (Lipinski definition) is 0. The Labute approximate surface area is 193 Å². The van der Waals surface area contributed by atoms with E-state index in [2.05, 4.69) is 71.9 Å². The van der Waals surface area contributed by atoms with Gasteiger partial charge in [0.05, 0.1) is 0 Å². The van der Waals surface area contributed by atoms with Crippen LogP contribution in [-0.4, -0.2) is 6.67 Å². The predicted octanol–water partition coefficient (Wildman–Crippen LogP) is 10.6. The molecule has 0 bridgehead atoms. The van der Waals surface area contributed by atoms with Crippen molar-refractivity contribution in [3.05, 3.63) is 69.9 Å². The summed E-state index contributed by atoms with van der Waals surface area (Å²) >= 11 is 0. The summed E-state index contributed by atoms with van der Waals surface area (Å²) in [5.41, 5.74) is 8.18. The van der Waals surface area contributed by atoms with Crippen molar-refractivity contribution >= 4 is 0 Å². The second-order valence-corrected chi connectivity index (χ2v) is 9.40. The molecule has 0 nitrogen and oxygen atoms in total. The van der Waals surface area contributed by atoms with Gasteiger partial charge in [-0.25, -0.2) is 4.39 Å². The summed E-state index contributed by atoms with van der Waals surface area (Å²) in [5, 5.41) is 0. The molecule has 0 rings (SSSR count). The number of rotatable bonds is 16. The summed E-state index contributed by atoms with van der Waals surface area (Å²) in [4.78, 5) is 0. The van der Waals surface area contributed by atoms with Gasteiger partial charge in [0, 0.05) is 0 Å². The third kappa shape index (κ3) is 20.0. The molecule has 0 spiro atoms. The highest BCUT2D eigenvalue weighted by Gasteiger charge is 1.95. The molecule has 176 valence electrons. The molecule has 31 heavy (non-hydrogen) atoms. The van der Waals surface area contributed by atoms with Crippen LogP contribution in [0.15, 0.2) is 69.9 Å². The summed E-state index contributed by atoms with van der Waals surface area (Å²) in [5.74, 6) is 0. The molecule has 0 aromatic carbocycles. The van der Waals surface area contributed by atoms with E-state index in [9.17, 15) is 4.39 Å². The van der Waals surface area contributed by atoms with E-state index >= 15 is 0 Å². The first kappa shape index (κ1) is 29.4. The smallest absolute Gasteiger partial charge is 0.110 e. The topological polar surface area (TPSA) is 0 Å². The molecule has 0 unspecified atom stereocenters. The molecule has 0 aliphatic carbocycles. The van der Waals surface area contributed by atoms with Gasteiger partial charge < -0.3 is 0 Å². The molecule has 0 saturated carbocycles. The lowest BCUT2D eigenvalue weighted by Gasteiger charge is -2.03. The number of alkyl halides is 1. The van der Waals surface area contributed by atoms with Gasteiger partial charge in [-0.05, 0) is 118 Å². The molecule has 0 amide bonds. The van der Waals surface area contributed by atoms with E-state index in [1.54, 1.807) is 0 Å². The van der Waals surface area contributed by atoms with Gasteiger partial charge in [-0.1, -0.05) is 64.3 Å². The van der Waals surface area contributed by atoms with Gasteiger partial charge in [0.25, 0.3) is 0 Å². The Kier molecular flexibility index (Phi) is 18.1. The van der Waals surface area contributed by atoms with Gasteiger partial charge in [0.15, 0.2) is 0 Å². The Morgan fingerprint density at radius 3 is 1.13 bits per heavy atom. The van der Waals surface area contributed by atoms with Gasteiger partial charge >= 0.3 is 0 Å². The highest BCUT2D eigenvalue weighted by Crippen LogP contribution is 2.15. The standard InChI is InChI=1S/C30H49F/c1-25(2)14-8-9-16-28(5)22-23-29(6)17-11-10-15-26(3)18-12-19-27(4)20-13-21-30(7)24-31/h14-17,19,21H,8-13,18,20,22-24H2,1-7H3/b26-15+,27-19+,28-16+,29-17+,30-21-. The molecule has 1 heteroatoms. The van der Waals surface area contributed by atoms with Crippen molar-refractivity contribution < 1.29 is 4.39 Å². The van der Waals surface area contributed by atoms with Crippen LogP contribution in [0.5, 0.6) is 0 Å². The van der Waals surface area contributed by atoms with Gasteiger partial charge in [-0.3, -0.25) is 0 Å². The van der Waals surface area contributed by atoms with Crippen molar-refractivity contribution in [2.75, 3.05) is 6.67 Å². The molecule has 0 fully saturated rings. The summed E-state index contributed by atoms with van der Waals surface area (Å²) in [6, 6.07) is 0. The third-order valence-corrected chi connectivity index (χ3v) is 5.55. The second-order valence-electron chi connectivity index (χ2n) is 9.40. The Bertz CT molecular complexity index is 661. The molecule has 0 aliphatic rings. The molecule has 0 heterocycles. The van der Waals surface area contributed by atoms with Crippen molar-refractivity contribution in [2.24, 2.45) is 0 Å². The van der Waals surface area contributed by atoms with Gasteiger partial charge in [0.2, 0.25) is 0 Å². The third-order valence-electron chi connectivity index (χ3n) is 5.55. The van der Waals surface area contributed by atoms with Crippen molar-refractivity contribution in [1.82, 2.24) is 0 Å². The highest BCUT2D eigenvalue weighted by molar-refractivity contribution is 5.08. The van der Waals surface area contributed by atoms with Gasteiger partial charge in [-0.15, -0.1) is 0 Å². The SMILES string of the molecule is CC(C)=CCC/C=C(\C)CC/C(C)=C/CC/C=C(\C)CC/C=C(\C)CC/C=C(/C)CF. The number of allylic oxidation sites excluding steroid dienone is 12. The maximum absolute atomic E-state index is 12.4. The van der Waals surface area contributed by atoms with Crippen LogP contribution >= 0.6 is 0 Å². The van der Waals surface area contributed by atoms with Crippen LogP contribution < -0.4 is 0 Å². The van der Waals surface area contributed by atoms with E-state index in [-0.39, 0.29) is 6.67 Å². The zero-order valence-corrected chi connectivity index (χ0v) is 21.6. The average Bonchev–Trinajstić information content (AvgIpc) is 2.72. The minimum atomic E-state index is -0.324. The van der Waals surface area contributed by atoms with E-state index in [0.717, 1.165) is 56.9 Å². The molecule has 0 aromatic heterocycles. The fourth-order valence-corrected chi connectivity index (χ4v) is 3.31. The molecule has 0 aromatic rings. The monoisotopic (exact) mass is 428 g/mol. The van der Waals surface area contributed by atoms with E-state index in [1.807, 2.05) is 13.0 Å². The van der Waals surface area contributed by atoms with E-state index in [0.29, 0.717) is 0 Å². The molecule has 0 N–H and O–H groups in total. The van der Waals surface area contributed by atoms with Crippen LogP contribution in [0.3, 0.4) is 0 Å². The first-order chi connectivity index (χ1) is 14.7. The average molecular weight is 429 g/mol. The Balaban J connectivity index is 4.08. The lowest BCUT2D eigenvalue weighted by atomic mass is 10.0. The fraction of sp³-hybridized carbons (Fsp3) is 0.600. The van der Waals surface area contributed by atoms with Crippen molar-refractivity contribution in [2.45, 2.75) is 113 Å². The predicted molar refractivity (Wildman–Crippen MR) is 140 cm³/mol. The zero-order chi connectivity index (χ0) is 23.5. The normalized spacial score (nSPS) is 14.3. The van der Waals surface area contributed by atoms with Crippen LogP contribution in [-0.2, 0) is 0 Å². The van der Waals surface area contributed by atoms with Crippen molar-refractivity contribution in [1.29, 1.82) is 0 Å². The molecular formula is C30H49F. The summed E-state index contributed by atoms with van der Waals surface area (Å²) in [7, 11) is 0. The number of unbranched alkanes of at least 4 members (excludes halogenated alkanes) is 2. The van der Waals surface area contributed by atoms with E-state index < -0.39 is 0 Å². The Hall–Kier alpha value is -1.63. The van der Waals surface area contributed by atoms with Crippen LogP contribution in [0.25, 0.3) is 0 Å². The first-order valence-electron chi connectivity index (χ1n) is 12.2. The van der Waals surface area contributed by atoms with Crippen LogP contribution in [0.4, 0.5) is 4.39 Å². The minimum Gasteiger partial charge on any atom is -0.246 e. The Morgan fingerprint density at radius 1 is 0.419 bits per heavy atom. The first-order valence-corrected chi connectivity index (χ1v) is 12.2. The summed E-state index contributed by atoms with van der Waals surface area (Å²) in [6.45, 7) is 14.8. The maximum Gasteiger partial charge on any atom is 0.110 e. The highest BCUT2D eigenvalue weighted by atomic mass is 19.1. The Morgan fingerprint density at radius 2 is 0.742 bits per heavy atom. The van der Waals surface area contributed by atoms with Crippen LogP contribution in [0.2, 0.25) is 0 Å². The molecule has 0 saturated heterocycles. The maximum atomic E-state index is 12.4.